The van der Waals surface area contributed by atoms with Crippen molar-refractivity contribution in [1.29, 1.82) is 5.41 Å². The first-order chi connectivity index (χ1) is 9.43. The molecule has 0 aliphatic carbocycles. The number of nitrogens with one attached hydrogen (secondary N) is 1. The minimum atomic E-state index is -0.0104. The van der Waals surface area contributed by atoms with Gasteiger partial charge in [-0.3, -0.25) is 4.79 Å². The standard InChI is InChI=1S/C14H19ClN4O/c1-18(2)14(20)9-3-4-19(8-9)13-6-10(15)5-12(17)11(13)7-16/h5-7,9,16H,3-4,8,17H2,1-2H3. The lowest BCUT2D eigenvalue weighted by molar-refractivity contribution is -0.132. The smallest absolute Gasteiger partial charge is 0.227 e. The van der Waals surface area contributed by atoms with Crippen molar-refractivity contribution in [2.24, 2.45) is 5.92 Å². The van der Waals surface area contributed by atoms with Crippen molar-refractivity contribution in [2.45, 2.75) is 6.42 Å². The Labute approximate surface area is 123 Å². The molecule has 6 heteroatoms. The Morgan fingerprint density at radius 1 is 1.55 bits per heavy atom. The average molecular weight is 295 g/mol. The molecule has 2 rings (SSSR count). The third kappa shape index (κ3) is 2.72. The number of anilines is 2. The lowest BCUT2D eigenvalue weighted by Gasteiger charge is -2.22. The van der Waals surface area contributed by atoms with Crippen molar-refractivity contribution >= 4 is 35.1 Å². The highest BCUT2D eigenvalue weighted by Gasteiger charge is 2.30. The van der Waals surface area contributed by atoms with Gasteiger partial charge in [-0.25, -0.2) is 0 Å². The Bertz CT molecular complexity index is 544. The number of nitrogens with zero attached hydrogens (tertiary/aromatic N) is 2. The monoisotopic (exact) mass is 294 g/mol. The number of hydrogen-bond donors (Lipinski definition) is 2. The predicted octanol–water partition coefficient (Wildman–Crippen LogP) is 1.83. The van der Waals surface area contributed by atoms with Crippen LogP contribution in [0.1, 0.15) is 12.0 Å². The molecule has 1 heterocycles. The van der Waals surface area contributed by atoms with Crippen LogP contribution in [0.4, 0.5) is 11.4 Å². The molecule has 0 saturated carbocycles. The van der Waals surface area contributed by atoms with Gasteiger partial charge in [-0.15, -0.1) is 0 Å². The first-order valence-corrected chi connectivity index (χ1v) is 6.87. The van der Waals surface area contributed by atoms with Crippen LogP contribution in [0.15, 0.2) is 12.1 Å². The summed E-state index contributed by atoms with van der Waals surface area (Å²) in [7, 11) is 3.54. The summed E-state index contributed by atoms with van der Waals surface area (Å²) in [5.41, 5.74) is 7.89. The molecular formula is C14H19ClN4O. The first-order valence-electron chi connectivity index (χ1n) is 6.49. The Kier molecular flexibility index (Phi) is 4.18. The normalized spacial score (nSPS) is 18.1. The van der Waals surface area contributed by atoms with Crippen LogP contribution in [0, 0.1) is 11.3 Å². The zero-order valence-electron chi connectivity index (χ0n) is 11.7. The Morgan fingerprint density at radius 2 is 2.25 bits per heavy atom. The molecule has 1 aliphatic heterocycles. The Morgan fingerprint density at radius 3 is 2.85 bits per heavy atom. The fourth-order valence-electron chi connectivity index (χ4n) is 2.59. The maximum absolute atomic E-state index is 12.0. The highest BCUT2D eigenvalue weighted by Crippen LogP contribution is 2.32. The third-order valence-corrected chi connectivity index (χ3v) is 3.84. The lowest BCUT2D eigenvalue weighted by Crippen LogP contribution is -2.32. The fraction of sp³-hybridized carbons (Fsp3) is 0.429. The second kappa shape index (κ2) is 5.71. The average Bonchev–Trinajstić information content (AvgIpc) is 2.86. The van der Waals surface area contributed by atoms with Crippen molar-refractivity contribution < 1.29 is 4.79 Å². The quantitative estimate of drug-likeness (QED) is 0.660. The summed E-state index contributed by atoms with van der Waals surface area (Å²) in [6.45, 7) is 1.41. The highest BCUT2D eigenvalue weighted by atomic mass is 35.5. The molecule has 3 N–H and O–H groups in total. The zero-order valence-corrected chi connectivity index (χ0v) is 12.4. The minimum Gasteiger partial charge on any atom is -0.398 e. The number of carbonyl (C=O) groups is 1. The summed E-state index contributed by atoms with van der Waals surface area (Å²) in [6.07, 6.45) is 2.04. The summed E-state index contributed by atoms with van der Waals surface area (Å²) >= 11 is 6.05. The summed E-state index contributed by atoms with van der Waals surface area (Å²) in [5.74, 6) is 0.127. The number of hydrogen-bond acceptors (Lipinski definition) is 4. The van der Waals surface area contributed by atoms with Gasteiger partial charge in [0.25, 0.3) is 0 Å². The van der Waals surface area contributed by atoms with E-state index < -0.39 is 0 Å². The van der Waals surface area contributed by atoms with Crippen LogP contribution in [-0.4, -0.2) is 44.2 Å². The van der Waals surface area contributed by atoms with E-state index in [1.165, 1.54) is 6.21 Å². The summed E-state index contributed by atoms with van der Waals surface area (Å²) < 4.78 is 0. The molecule has 0 radical (unpaired) electrons. The molecule has 0 aromatic heterocycles. The van der Waals surface area contributed by atoms with Gasteiger partial charge >= 0.3 is 0 Å². The minimum absolute atomic E-state index is 0.0104. The van der Waals surface area contributed by atoms with E-state index in [-0.39, 0.29) is 11.8 Å². The maximum Gasteiger partial charge on any atom is 0.227 e. The van der Waals surface area contributed by atoms with Crippen LogP contribution < -0.4 is 10.6 Å². The van der Waals surface area contributed by atoms with Crippen molar-refractivity contribution in [3.05, 3.63) is 22.7 Å². The van der Waals surface area contributed by atoms with Gasteiger partial charge in [0.05, 0.1) is 5.92 Å². The van der Waals surface area contributed by atoms with Gasteiger partial charge in [-0.2, -0.15) is 0 Å². The Balaban J connectivity index is 2.26. The van der Waals surface area contributed by atoms with E-state index in [1.54, 1.807) is 31.1 Å². The molecule has 1 unspecified atom stereocenters. The number of rotatable bonds is 3. The summed E-state index contributed by atoms with van der Waals surface area (Å²) in [4.78, 5) is 15.7. The van der Waals surface area contributed by atoms with Gasteiger partial charge in [0.15, 0.2) is 0 Å². The molecule has 1 fully saturated rings. The van der Waals surface area contributed by atoms with Crippen LogP contribution in [0.3, 0.4) is 0 Å². The van der Waals surface area contributed by atoms with Gasteiger partial charge in [0.2, 0.25) is 5.91 Å². The summed E-state index contributed by atoms with van der Waals surface area (Å²) in [6, 6.07) is 3.45. The maximum atomic E-state index is 12.0. The van der Waals surface area contributed by atoms with E-state index in [9.17, 15) is 4.79 Å². The van der Waals surface area contributed by atoms with Crippen LogP contribution in [0.5, 0.6) is 0 Å². The van der Waals surface area contributed by atoms with E-state index in [0.29, 0.717) is 22.8 Å². The molecule has 1 saturated heterocycles. The largest absolute Gasteiger partial charge is 0.398 e. The SMILES string of the molecule is CN(C)C(=O)C1CCN(c2cc(Cl)cc(N)c2C=N)C1. The number of nitrogens with two attached hydrogens (primary N) is 1. The lowest BCUT2D eigenvalue weighted by atomic mass is 10.1. The molecule has 5 nitrogen and oxygen atoms in total. The molecule has 1 amide bonds. The summed E-state index contributed by atoms with van der Waals surface area (Å²) in [5, 5.41) is 8.06. The van der Waals surface area contributed by atoms with Crippen molar-refractivity contribution in [3.63, 3.8) is 0 Å². The second-order valence-corrected chi connectivity index (χ2v) is 5.67. The van der Waals surface area contributed by atoms with E-state index >= 15 is 0 Å². The molecule has 20 heavy (non-hydrogen) atoms. The molecule has 1 atom stereocenters. The van der Waals surface area contributed by atoms with E-state index in [2.05, 4.69) is 4.90 Å². The molecule has 108 valence electrons. The Hall–Kier alpha value is -1.75. The van der Waals surface area contributed by atoms with E-state index in [0.717, 1.165) is 18.7 Å². The molecule has 0 spiro atoms. The number of nitrogen functional groups attached to an aromatic ring is 1. The van der Waals surface area contributed by atoms with Gasteiger partial charge in [-0.05, 0) is 18.6 Å². The fourth-order valence-corrected chi connectivity index (χ4v) is 2.81. The van der Waals surface area contributed by atoms with Crippen LogP contribution in [-0.2, 0) is 4.79 Å². The number of halogens is 1. The third-order valence-electron chi connectivity index (χ3n) is 3.62. The molecule has 1 aromatic rings. The zero-order chi connectivity index (χ0) is 14.9. The molecule has 0 bridgehead atoms. The first kappa shape index (κ1) is 14.7. The number of amides is 1. The van der Waals surface area contributed by atoms with Crippen molar-refractivity contribution in [3.8, 4) is 0 Å². The van der Waals surface area contributed by atoms with Gasteiger partial charge in [-0.1, -0.05) is 11.6 Å². The number of carbonyl (C=O) groups excluding carboxylic acids is 1. The molecular weight excluding hydrogens is 276 g/mol. The highest BCUT2D eigenvalue weighted by molar-refractivity contribution is 6.31. The van der Waals surface area contributed by atoms with E-state index in [4.69, 9.17) is 22.7 Å². The van der Waals surface area contributed by atoms with Crippen molar-refractivity contribution in [2.75, 3.05) is 37.8 Å². The van der Waals surface area contributed by atoms with Crippen LogP contribution in [0.25, 0.3) is 0 Å². The molecule has 1 aromatic carbocycles. The van der Waals surface area contributed by atoms with Gasteiger partial charge < -0.3 is 20.9 Å². The van der Waals surface area contributed by atoms with Crippen LogP contribution >= 0.6 is 11.6 Å². The van der Waals surface area contributed by atoms with E-state index in [1.807, 2.05) is 0 Å². The predicted molar refractivity (Wildman–Crippen MR) is 82.8 cm³/mol. The van der Waals surface area contributed by atoms with Crippen molar-refractivity contribution in [1.82, 2.24) is 4.90 Å². The second-order valence-electron chi connectivity index (χ2n) is 5.24. The molecule has 1 aliphatic rings. The van der Waals surface area contributed by atoms with Gasteiger partial charge in [0, 0.05) is 55.4 Å². The van der Waals surface area contributed by atoms with Crippen LogP contribution in [0.2, 0.25) is 5.02 Å². The van der Waals surface area contributed by atoms with Gasteiger partial charge in [0.1, 0.15) is 0 Å². The number of benzene rings is 1. The topological polar surface area (TPSA) is 73.4 Å².